The van der Waals surface area contributed by atoms with Crippen LogP contribution in [-0.2, 0) is 4.79 Å². The van der Waals surface area contributed by atoms with Crippen molar-refractivity contribution >= 4 is 5.91 Å². The van der Waals surface area contributed by atoms with Gasteiger partial charge >= 0.3 is 0 Å². The normalized spacial score (nSPS) is 33.6. The molecule has 0 aromatic rings. The Morgan fingerprint density at radius 1 is 1.29 bits per heavy atom. The molecule has 0 aromatic heterocycles. The molecule has 2 rings (SSSR count). The minimum Gasteiger partial charge on any atom is -0.356 e. The maximum Gasteiger partial charge on any atom is 0.221 e. The number of rotatable bonds is 4. The van der Waals surface area contributed by atoms with Crippen LogP contribution in [-0.4, -0.2) is 25.0 Å². The summed E-state index contributed by atoms with van der Waals surface area (Å²) < 4.78 is 0. The summed E-state index contributed by atoms with van der Waals surface area (Å²) in [5, 5.41) is 6.49. The molecule has 1 aliphatic heterocycles. The van der Waals surface area contributed by atoms with Crippen molar-refractivity contribution in [1.29, 1.82) is 0 Å². The highest BCUT2D eigenvalue weighted by atomic mass is 16.1. The Bertz CT molecular complexity index is 249. The average molecular weight is 238 g/mol. The molecule has 1 saturated carbocycles. The zero-order valence-electron chi connectivity index (χ0n) is 11.0. The van der Waals surface area contributed by atoms with Crippen LogP contribution in [0.15, 0.2) is 0 Å². The van der Waals surface area contributed by atoms with Crippen LogP contribution in [0.25, 0.3) is 0 Å². The van der Waals surface area contributed by atoms with Gasteiger partial charge in [-0.05, 0) is 44.1 Å². The monoisotopic (exact) mass is 238 g/mol. The van der Waals surface area contributed by atoms with E-state index in [1.807, 2.05) is 0 Å². The lowest BCUT2D eigenvalue weighted by atomic mass is 9.82. The van der Waals surface area contributed by atoms with Crippen molar-refractivity contribution < 1.29 is 4.79 Å². The fourth-order valence-electron chi connectivity index (χ4n) is 3.23. The molecular formula is C14H26N2O. The lowest BCUT2D eigenvalue weighted by Gasteiger charge is -2.26. The van der Waals surface area contributed by atoms with E-state index >= 15 is 0 Å². The first-order valence-corrected chi connectivity index (χ1v) is 7.24. The summed E-state index contributed by atoms with van der Waals surface area (Å²) in [7, 11) is 0. The summed E-state index contributed by atoms with van der Waals surface area (Å²) in [5.41, 5.74) is 0. The molecule has 3 atom stereocenters. The van der Waals surface area contributed by atoms with Crippen molar-refractivity contribution in [3.63, 3.8) is 0 Å². The van der Waals surface area contributed by atoms with E-state index in [1.54, 1.807) is 0 Å². The SMILES string of the molecule is CC1CCCC(CNC(=O)CC2CCCN2)C1. The molecule has 2 N–H and O–H groups in total. The molecule has 0 bridgehead atoms. The van der Waals surface area contributed by atoms with Crippen molar-refractivity contribution in [2.24, 2.45) is 11.8 Å². The van der Waals surface area contributed by atoms with Gasteiger partial charge < -0.3 is 10.6 Å². The second kappa shape index (κ2) is 6.39. The lowest BCUT2D eigenvalue weighted by Crippen LogP contribution is -2.35. The van der Waals surface area contributed by atoms with Gasteiger partial charge in [0.2, 0.25) is 5.91 Å². The first-order valence-electron chi connectivity index (χ1n) is 7.24. The number of carbonyl (C=O) groups is 1. The number of nitrogens with one attached hydrogen (secondary N) is 2. The van der Waals surface area contributed by atoms with E-state index in [2.05, 4.69) is 17.6 Å². The Kier molecular flexibility index (Phi) is 4.84. The van der Waals surface area contributed by atoms with E-state index in [1.165, 1.54) is 32.1 Å². The second-order valence-electron chi connectivity index (χ2n) is 5.94. The number of hydrogen-bond donors (Lipinski definition) is 2. The van der Waals surface area contributed by atoms with Gasteiger partial charge in [0.1, 0.15) is 0 Å². The summed E-state index contributed by atoms with van der Waals surface area (Å²) in [6, 6.07) is 0.431. The van der Waals surface area contributed by atoms with Crippen molar-refractivity contribution in [2.45, 2.75) is 57.9 Å². The van der Waals surface area contributed by atoms with Gasteiger partial charge in [-0.2, -0.15) is 0 Å². The highest BCUT2D eigenvalue weighted by molar-refractivity contribution is 5.76. The minimum absolute atomic E-state index is 0.239. The first kappa shape index (κ1) is 12.9. The van der Waals surface area contributed by atoms with Crippen molar-refractivity contribution in [1.82, 2.24) is 10.6 Å². The van der Waals surface area contributed by atoms with Gasteiger partial charge in [-0.3, -0.25) is 4.79 Å². The molecule has 0 spiro atoms. The zero-order chi connectivity index (χ0) is 12.1. The van der Waals surface area contributed by atoms with E-state index < -0.39 is 0 Å². The third-order valence-corrected chi connectivity index (χ3v) is 4.23. The molecular weight excluding hydrogens is 212 g/mol. The molecule has 1 aliphatic carbocycles. The molecule has 98 valence electrons. The van der Waals surface area contributed by atoms with Crippen molar-refractivity contribution in [3.05, 3.63) is 0 Å². The molecule has 0 aromatic carbocycles. The number of carbonyl (C=O) groups excluding carboxylic acids is 1. The highest BCUT2D eigenvalue weighted by Crippen LogP contribution is 2.27. The van der Waals surface area contributed by atoms with Gasteiger partial charge in [0.05, 0.1) is 0 Å². The van der Waals surface area contributed by atoms with Gasteiger partial charge in [-0.15, -0.1) is 0 Å². The summed E-state index contributed by atoms with van der Waals surface area (Å²) >= 11 is 0. The lowest BCUT2D eigenvalue weighted by molar-refractivity contribution is -0.121. The molecule has 1 saturated heterocycles. The molecule has 3 nitrogen and oxygen atoms in total. The zero-order valence-corrected chi connectivity index (χ0v) is 11.0. The first-order chi connectivity index (χ1) is 8.24. The molecule has 3 unspecified atom stereocenters. The van der Waals surface area contributed by atoms with E-state index in [0.717, 1.165) is 31.3 Å². The average Bonchev–Trinajstić information content (AvgIpc) is 2.79. The number of amides is 1. The minimum atomic E-state index is 0.239. The quantitative estimate of drug-likeness (QED) is 0.787. The summed E-state index contributed by atoms with van der Waals surface area (Å²) in [6.07, 6.45) is 8.35. The van der Waals surface area contributed by atoms with E-state index in [9.17, 15) is 4.79 Å². The van der Waals surface area contributed by atoms with Crippen LogP contribution in [0.3, 0.4) is 0 Å². The molecule has 17 heavy (non-hydrogen) atoms. The smallest absolute Gasteiger partial charge is 0.221 e. The van der Waals surface area contributed by atoms with Crippen molar-refractivity contribution in [2.75, 3.05) is 13.1 Å². The Labute approximate surface area is 105 Å². The summed E-state index contributed by atoms with van der Waals surface area (Å²) in [6.45, 7) is 4.31. The molecule has 2 aliphatic rings. The predicted octanol–water partition coefficient (Wildman–Crippen LogP) is 2.07. The van der Waals surface area contributed by atoms with Gasteiger partial charge in [-0.25, -0.2) is 0 Å². The molecule has 1 heterocycles. The molecule has 3 heteroatoms. The Morgan fingerprint density at radius 2 is 2.18 bits per heavy atom. The summed E-state index contributed by atoms with van der Waals surface area (Å²) in [5.74, 6) is 1.81. The van der Waals surface area contributed by atoms with Crippen LogP contribution in [0.2, 0.25) is 0 Å². The topological polar surface area (TPSA) is 41.1 Å². The highest BCUT2D eigenvalue weighted by Gasteiger charge is 2.21. The van der Waals surface area contributed by atoms with Crippen LogP contribution in [0.5, 0.6) is 0 Å². The Balaban J connectivity index is 1.61. The molecule has 2 fully saturated rings. The maximum atomic E-state index is 11.8. The largest absolute Gasteiger partial charge is 0.356 e. The van der Waals surface area contributed by atoms with Gasteiger partial charge in [0.25, 0.3) is 0 Å². The third kappa shape index (κ3) is 4.30. The number of hydrogen-bond acceptors (Lipinski definition) is 2. The molecule has 1 amide bonds. The van der Waals surface area contributed by atoms with Gasteiger partial charge in [0.15, 0.2) is 0 Å². The van der Waals surface area contributed by atoms with Gasteiger partial charge in [0, 0.05) is 19.0 Å². The fourth-order valence-corrected chi connectivity index (χ4v) is 3.23. The van der Waals surface area contributed by atoms with Crippen LogP contribution in [0.1, 0.15) is 51.9 Å². The van der Waals surface area contributed by atoms with Gasteiger partial charge in [-0.1, -0.05) is 19.8 Å². The van der Waals surface area contributed by atoms with E-state index in [-0.39, 0.29) is 5.91 Å². The second-order valence-corrected chi connectivity index (χ2v) is 5.94. The van der Waals surface area contributed by atoms with Crippen LogP contribution < -0.4 is 10.6 Å². The Hall–Kier alpha value is -0.570. The van der Waals surface area contributed by atoms with Crippen LogP contribution in [0, 0.1) is 11.8 Å². The van der Waals surface area contributed by atoms with E-state index in [0.29, 0.717) is 12.5 Å². The Morgan fingerprint density at radius 3 is 2.88 bits per heavy atom. The summed E-state index contributed by atoms with van der Waals surface area (Å²) in [4.78, 5) is 11.8. The molecule has 0 radical (unpaired) electrons. The van der Waals surface area contributed by atoms with E-state index in [4.69, 9.17) is 0 Å². The van der Waals surface area contributed by atoms with Crippen molar-refractivity contribution in [3.8, 4) is 0 Å². The predicted molar refractivity (Wildman–Crippen MR) is 69.8 cm³/mol. The maximum absolute atomic E-state index is 11.8. The third-order valence-electron chi connectivity index (χ3n) is 4.23. The fraction of sp³-hybridized carbons (Fsp3) is 0.929. The standard InChI is InChI=1S/C14H26N2O/c1-11-4-2-5-12(8-11)10-16-14(17)9-13-6-3-7-15-13/h11-13,15H,2-10H2,1H3,(H,16,17). The van der Waals surface area contributed by atoms with Crippen LogP contribution in [0.4, 0.5) is 0 Å². The van der Waals surface area contributed by atoms with Crippen LogP contribution >= 0.6 is 0 Å².